The van der Waals surface area contributed by atoms with E-state index >= 15 is 0 Å². The van der Waals surface area contributed by atoms with Gasteiger partial charge in [0.25, 0.3) is 0 Å². The molecule has 96 valence electrons. The molecule has 0 spiro atoms. The first-order valence-corrected chi connectivity index (χ1v) is 6.14. The molecule has 18 heavy (non-hydrogen) atoms. The number of carbonyl (C=O) groups excluding carboxylic acids is 2. The Morgan fingerprint density at radius 1 is 1.39 bits per heavy atom. The standard InChI is InChI=1S/C14H17NO3/c1-2-18-13(17)14(9-12(16)15-10-14)8-11-6-4-3-5-7-11/h3-7H,2,8-10H2,1H3,(H,15,16). The molecule has 1 amide bonds. The number of benzene rings is 1. The Kier molecular flexibility index (Phi) is 3.65. The Morgan fingerprint density at radius 3 is 2.67 bits per heavy atom. The average molecular weight is 247 g/mol. The highest BCUT2D eigenvalue weighted by Crippen LogP contribution is 2.32. The van der Waals surface area contributed by atoms with Crippen LogP contribution in [-0.4, -0.2) is 25.0 Å². The molecule has 0 aromatic heterocycles. The van der Waals surface area contributed by atoms with Crippen molar-refractivity contribution in [2.45, 2.75) is 19.8 Å². The molecule has 4 heteroatoms. The van der Waals surface area contributed by atoms with Gasteiger partial charge in [0.2, 0.25) is 5.91 Å². The van der Waals surface area contributed by atoms with Gasteiger partial charge < -0.3 is 10.1 Å². The van der Waals surface area contributed by atoms with Crippen LogP contribution in [0.2, 0.25) is 0 Å². The zero-order chi connectivity index (χ0) is 13.0. The molecule has 1 unspecified atom stereocenters. The van der Waals surface area contributed by atoms with Crippen LogP contribution in [0.25, 0.3) is 0 Å². The highest BCUT2D eigenvalue weighted by molar-refractivity contribution is 5.90. The highest BCUT2D eigenvalue weighted by atomic mass is 16.5. The fraction of sp³-hybridized carbons (Fsp3) is 0.429. The topological polar surface area (TPSA) is 55.4 Å². The molecule has 1 heterocycles. The fourth-order valence-corrected chi connectivity index (χ4v) is 2.31. The van der Waals surface area contributed by atoms with Crippen molar-refractivity contribution >= 4 is 11.9 Å². The third-order valence-corrected chi connectivity index (χ3v) is 3.22. The summed E-state index contributed by atoms with van der Waals surface area (Å²) in [5, 5.41) is 2.73. The monoisotopic (exact) mass is 247 g/mol. The Morgan fingerprint density at radius 2 is 2.11 bits per heavy atom. The zero-order valence-electron chi connectivity index (χ0n) is 10.4. The lowest BCUT2D eigenvalue weighted by Gasteiger charge is -2.24. The van der Waals surface area contributed by atoms with Gasteiger partial charge in [-0.25, -0.2) is 0 Å². The molecule has 0 radical (unpaired) electrons. The molecule has 4 nitrogen and oxygen atoms in total. The van der Waals surface area contributed by atoms with Crippen LogP contribution in [0.15, 0.2) is 30.3 Å². The average Bonchev–Trinajstić information content (AvgIpc) is 2.74. The van der Waals surface area contributed by atoms with Crippen LogP contribution in [0, 0.1) is 5.41 Å². The SMILES string of the molecule is CCOC(=O)C1(Cc2ccccc2)CNC(=O)C1. The number of hydrogen-bond donors (Lipinski definition) is 1. The van der Waals surface area contributed by atoms with Gasteiger partial charge >= 0.3 is 5.97 Å². The van der Waals surface area contributed by atoms with Crippen molar-refractivity contribution < 1.29 is 14.3 Å². The summed E-state index contributed by atoms with van der Waals surface area (Å²) in [5.41, 5.74) is 0.302. The maximum atomic E-state index is 12.1. The van der Waals surface area contributed by atoms with Gasteiger partial charge in [0.05, 0.1) is 12.0 Å². The number of hydrogen-bond acceptors (Lipinski definition) is 3. The molecule has 1 N–H and O–H groups in total. The summed E-state index contributed by atoms with van der Waals surface area (Å²) in [5.74, 6) is -0.369. The van der Waals surface area contributed by atoms with E-state index < -0.39 is 5.41 Å². The van der Waals surface area contributed by atoms with E-state index in [-0.39, 0.29) is 18.3 Å². The molecular formula is C14H17NO3. The minimum absolute atomic E-state index is 0.0843. The van der Waals surface area contributed by atoms with Crippen LogP contribution >= 0.6 is 0 Å². The van der Waals surface area contributed by atoms with Gasteiger partial charge in [0, 0.05) is 13.0 Å². The molecule has 1 fully saturated rings. The molecular weight excluding hydrogens is 230 g/mol. The summed E-state index contributed by atoms with van der Waals surface area (Å²) in [7, 11) is 0. The number of rotatable bonds is 4. The maximum absolute atomic E-state index is 12.1. The highest BCUT2D eigenvalue weighted by Gasteiger charge is 2.46. The first kappa shape index (κ1) is 12.6. The molecule has 1 aliphatic heterocycles. The summed E-state index contributed by atoms with van der Waals surface area (Å²) in [6.45, 7) is 2.47. The molecule has 0 aliphatic carbocycles. The summed E-state index contributed by atoms with van der Waals surface area (Å²) >= 11 is 0. The Labute approximate surface area is 106 Å². The number of amides is 1. The van der Waals surface area contributed by atoms with Crippen LogP contribution in [0.3, 0.4) is 0 Å². The van der Waals surface area contributed by atoms with Crippen molar-refractivity contribution in [1.82, 2.24) is 5.32 Å². The minimum atomic E-state index is -0.742. The smallest absolute Gasteiger partial charge is 0.314 e. The lowest BCUT2D eigenvalue weighted by molar-refractivity contribution is -0.154. The van der Waals surface area contributed by atoms with Gasteiger partial charge in [-0.1, -0.05) is 30.3 Å². The van der Waals surface area contributed by atoms with Gasteiger partial charge in [-0.2, -0.15) is 0 Å². The predicted octanol–water partition coefficient (Wildman–Crippen LogP) is 1.30. The normalized spacial score (nSPS) is 22.6. The number of esters is 1. The van der Waals surface area contributed by atoms with Gasteiger partial charge in [0.15, 0.2) is 0 Å². The van der Waals surface area contributed by atoms with Crippen molar-refractivity contribution in [3.05, 3.63) is 35.9 Å². The van der Waals surface area contributed by atoms with E-state index in [1.165, 1.54) is 0 Å². The lowest BCUT2D eigenvalue weighted by Crippen LogP contribution is -2.37. The molecule has 0 saturated carbocycles. The Balaban J connectivity index is 2.21. The second-order valence-electron chi connectivity index (χ2n) is 4.62. The Bertz CT molecular complexity index is 444. The van der Waals surface area contributed by atoms with Gasteiger partial charge in [-0.3, -0.25) is 9.59 Å². The van der Waals surface area contributed by atoms with E-state index in [9.17, 15) is 9.59 Å². The van der Waals surface area contributed by atoms with Crippen LogP contribution in [0.4, 0.5) is 0 Å². The summed E-state index contributed by atoms with van der Waals surface area (Å²) in [4.78, 5) is 23.5. The van der Waals surface area contributed by atoms with Crippen molar-refractivity contribution in [2.24, 2.45) is 5.41 Å². The van der Waals surface area contributed by atoms with E-state index in [1.54, 1.807) is 6.92 Å². The second kappa shape index (κ2) is 5.21. The number of ether oxygens (including phenoxy) is 1. The van der Waals surface area contributed by atoms with Crippen molar-refractivity contribution in [3.8, 4) is 0 Å². The molecule has 1 aromatic carbocycles. The van der Waals surface area contributed by atoms with E-state index in [4.69, 9.17) is 4.74 Å². The lowest BCUT2D eigenvalue weighted by atomic mass is 9.80. The molecule has 1 aliphatic rings. The Hall–Kier alpha value is -1.84. The molecule has 2 rings (SSSR count). The molecule has 1 saturated heterocycles. The van der Waals surface area contributed by atoms with Gasteiger partial charge in [-0.05, 0) is 18.9 Å². The summed E-state index contributed by atoms with van der Waals surface area (Å²) in [6.07, 6.45) is 0.742. The summed E-state index contributed by atoms with van der Waals surface area (Å²) < 4.78 is 5.12. The first-order chi connectivity index (χ1) is 8.66. The number of carbonyl (C=O) groups is 2. The van der Waals surface area contributed by atoms with Crippen molar-refractivity contribution in [3.63, 3.8) is 0 Å². The van der Waals surface area contributed by atoms with E-state index in [0.717, 1.165) is 5.56 Å². The number of nitrogens with one attached hydrogen (secondary N) is 1. The van der Waals surface area contributed by atoms with Crippen LogP contribution in [0.1, 0.15) is 18.9 Å². The van der Waals surface area contributed by atoms with Crippen LogP contribution in [0.5, 0.6) is 0 Å². The van der Waals surface area contributed by atoms with Crippen LogP contribution in [-0.2, 0) is 20.7 Å². The minimum Gasteiger partial charge on any atom is -0.465 e. The van der Waals surface area contributed by atoms with E-state index in [0.29, 0.717) is 19.6 Å². The second-order valence-corrected chi connectivity index (χ2v) is 4.62. The first-order valence-electron chi connectivity index (χ1n) is 6.14. The maximum Gasteiger partial charge on any atom is 0.314 e. The largest absolute Gasteiger partial charge is 0.465 e. The fourth-order valence-electron chi connectivity index (χ4n) is 2.31. The third kappa shape index (κ3) is 2.53. The van der Waals surface area contributed by atoms with E-state index in [2.05, 4.69) is 5.32 Å². The van der Waals surface area contributed by atoms with Crippen molar-refractivity contribution in [1.29, 1.82) is 0 Å². The van der Waals surface area contributed by atoms with E-state index in [1.807, 2.05) is 30.3 Å². The predicted molar refractivity (Wildman–Crippen MR) is 66.8 cm³/mol. The zero-order valence-corrected chi connectivity index (χ0v) is 10.4. The van der Waals surface area contributed by atoms with Gasteiger partial charge in [-0.15, -0.1) is 0 Å². The van der Waals surface area contributed by atoms with Crippen molar-refractivity contribution in [2.75, 3.05) is 13.2 Å². The van der Waals surface area contributed by atoms with Gasteiger partial charge in [0.1, 0.15) is 0 Å². The quantitative estimate of drug-likeness (QED) is 0.816. The third-order valence-electron chi connectivity index (χ3n) is 3.22. The molecule has 1 aromatic rings. The molecule has 1 atom stereocenters. The summed E-state index contributed by atoms with van der Waals surface area (Å²) in [6, 6.07) is 9.71. The van der Waals surface area contributed by atoms with Crippen LogP contribution < -0.4 is 5.32 Å². The molecule has 0 bridgehead atoms.